The van der Waals surface area contributed by atoms with Crippen LogP contribution in [0.1, 0.15) is 17.3 Å². The Hall–Kier alpha value is -0.960. The van der Waals surface area contributed by atoms with Crippen molar-refractivity contribution in [3.05, 3.63) is 29.8 Å². The molecule has 13 heavy (non-hydrogen) atoms. The van der Waals surface area contributed by atoms with E-state index in [4.69, 9.17) is 0 Å². The lowest BCUT2D eigenvalue weighted by molar-refractivity contribution is 0.101. The fourth-order valence-corrected chi connectivity index (χ4v) is 1.50. The first-order valence-corrected chi connectivity index (χ1v) is 5.22. The Morgan fingerprint density at radius 3 is 2.54 bits per heavy atom. The summed E-state index contributed by atoms with van der Waals surface area (Å²) in [6, 6.07) is 7.63. The third-order valence-corrected chi connectivity index (χ3v) is 2.64. The summed E-state index contributed by atoms with van der Waals surface area (Å²) >= 11 is 1.59. The van der Waals surface area contributed by atoms with Crippen LogP contribution in [0.2, 0.25) is 0 Å². The molecular weight excluding hydrogens is 182 g/mol. The second-order valence-electron chi connectivity index (χ2n) is 2.75. The molecule has 1 aromatic carbocycles. The lowest BCUT2D eigenvalue weighted by Crippen LogP contribution is -2.09. The zero-order chi connectivity index (χ0) is 9.84. The summed E-state index contributed by atoms with van der Waals surface area (Å²) in [5.74, 6) is 0.108. The molecule has 0 N–H and O–H groups in total. The van der Waals surface area contributed by atoms with E-state index in [1.54, 1.807) is 18.9 Å². The van der Waals surface area contributed by atoms with Gasteiger partial charge in [-0.2, -0.15) is 0 Å². The Bertz CT molecular complexity index is 312. The number of anilines is 1. The maximum absolute atomic E-state index is 11.3. The minimum atomic E-state index is 0.108. The van der Waals surface area contributed by atoms with Gasteiger partial charge in [0.1, 0.15) is 0 Å². The van der Waals surface area contributed by atoms with Gasteiger partial charge in [-0.1, -0.05) is 24.1 Å². The first kappa shape index (κ1) is 10.1. The minimum absolute atomic E-state index is 0.108. The van der Waals surface area contributed by atoms with E-state index < -0.39 is 0 Å². The summed E-state index contributed by atoms with van der Waals surface area (Å²) in [5, 5.41) is 0. The highest BCUT2D eigenvalue weighted by atomic mass is 32.2. The van der Waals surface area contributed by atoms with E-state index >= 15 is 0 Å². The molecule has 0 spiro atoms. The molecule has 0 heterocycles. The number of carbonyl (C=O) groups excluding carboxylic acids is 1. The zero-order valence-electron chi connectivity index (χ0n) is 8.07. The van der Waals surface area contributed by atoms with Gasteiger partial charge in [-0.15, -0.1) is 0 Å². The number of benzene rings is 1. The first-order valence-electron chi connectivity index (χ1n) is 4.04. The van der Waals surface area contributed by atoms with E-state index in [2.05, 4.69) is 0 Å². The maximum atomic E-state index is 11.3. The molecule has 70 valence electrons. The van der Waals surface area contributed by atoms with Gasteiger partial charge in [-0.25, -0.2) is 0 Å². The van der Waals surface area contributed by atoms with Gasteiger partial charge in [0.25, 0.3) is 0 Å². The fraction of sp³-hybridized carbons (Fsp3) is 0.300. The van der Waals surface area contributed by atoms with Crippen LogP contribution >= 0.6 is 11.9 Å². The Morgan fingerprint density at radius 1 is 1.38 bits per heavy atom. The number of ketones is 1. The van der Waals surface area contributed by atoms with Gasteiger partial charge in [0.2, 0.25) is 0 Å². The summed E-state index contributed by atoms with van der Waals surface area (Å²) in [5.41, 5.74) is 1.75. The van der Waals surface area contributed by atoms with Gasteiger partial charge in [0, 0.05) is 18.9 Å². The molecule has 0 aliphatic carbocycles. The number of para-hydroxylation sites is 1. The van der Waals surface area contributed by atoms with Gasteiger partial charge in [-0.05, 0) is 19.1 Å². The summed E-state index contributed by atoms with van der Waals surface area (Å²) < 4.78 is 1.98. The molecule has 1 aromatic rings. The van der Waals surface area contributed by atoms with Crippen molar-refractivity contribution in [2.75, 3.05) is 17.6 Å². The van der Waals surface area contributed by atoms with Gasteiger partial charge in [0.15, 0.2) is 5.78 Å². The second kappa shape index (κ2) is 4.33. The fourth-order valence-electron chi connectivity index (χ4n) is 1.14. The molecule has 0 aliphatic rings. The SMILES string of the molecule is CSN(C)c1ccccc1C(C)=O. The topological polar surface area (TPSA) is 20.3 Å². The molecular formula is C10H13NOS. The monoisotopic (exact) mass is 195 g/mol. The zero-order valence-corrected chi connectivity index (χ0v) is 8.89. The maximum Gasteiger partial charge on any atom is 0.161 e. The molecule has 0 bridgehead atoms. The van der Waals surface area contributed by atoms with Gasteiger partial charge < -0.3 is 4.31 Å². The van der Waals surface area contributed by atoms with E-state index in [1.807, 2.05) is 41.9 Å². The van der Waals surface area contributed by atoms with Crippen molar-refractivity contribution in [3.63, 3.8) is 0 Å². The van der Waals surface area contributed by atoms with E-state index in [0.717, 1.165) is 11.3 Å². The van der Waals surface area contributed by atoms with E-state index in [9.17, 15) is 4.79 Å². The highest BCUT2D eigenvalue weighted by Crippen LogP contribution is 2.23. The number of rotatable bonds is 3. The standard InChI is InChI=1S/C10H13NOS/c1-8(12)9-6-4-5-7-10(9)11(2)13-3/h4-7H,1-3H3. The quantitative estimate of drug-likeness (QED) is 0.546. The summed E-state index contributed by atoms with van der Waals surface area (Å²) in [6.07, 6.45) is 1.98. The largest absolute Gasteiger partial charge is 0.319 e. The Balaban J connectivity index is 3.11. The van der Waals surface area contributed by atoms with Crippen molar-refractivity contribution < 1.29 is 4.79 Å². The van der Waals surface area contributed by atoms with Gasteiger partial charge >= 0.3 is 0 Å². The molecule has 0 amide bonds. The van der Waals surface area contributed by atoms with Crippen LogP contribution in [0, 0.1) is 0 Å². The molecule has 3 heteroatoms. The summed E-state index contributed by atoms with van der Waals surface area (Å²) in [4.78, 5) is 11.3. The smallest absolute Gasteiger partial charge is 0.161 e. The molecule has 0 radical (unpaired) electrons. The molecule has 2 nitrogen and oxygen atoms in total. The second-order valence-corrected chi connectivity index (χ2v) is 3.67. The van der Waals surface area contributed by atoms with Crippen LogP contribution in [-0.4, -0.2) is 19.1 Å². The van der Waals surface area contributed by atoms with Crippen molar-refractivity contribution in [1.29, 1.82) is 0 Å². The molecule has 0 aliphatic heterocycles. The van der Waals surface area contributed by atoms with Crippen LogP contribution in [0.5, 0.6) is 0 Å². The van der Waals surface area contributed by atoms with Gasteiger partial charge in [0.05, 0.1) is 5.69 Å². The number of Topliss-reactive ketones (excluding diaryl/α,β-unsaturated/α-hetero) is 1. The van der Waals surface area contributed by atoms with Crippen LogP contribution in [0.15, 0.2) is 24.3 Å². The molecule has 1 rings (SSSR count). The Morgan fingerprint density at radius 2 is 2.00 bits per heavy atom. The third kappa shape index (κ3) is 2.25. The number of hydrogen-bond donors (Lipinski definition) is 0. The number of hydrogen-bond acceptors (Lipinski definition) is 3. The van der Waals surface area contributed by atoms with Crippen molar-refractivity contribution in [2.24, 2.45) is 0 Å². The van der Waals surface area contributed by atoms with Crippen molar-refractivity contribution >= 4 is 23.4 Å². The van der Waals surface area contributed by atoms with Crippen LogP contribution < -0.4 is 4.31 Å². The molecule has 0 saturated carbocycles. The van der Waals surface area contributed by atoms with Crippen LogP contribution in [0.3, 0.4) is 0 Å². The van der Waals surface area contributed by atoms with Crippen LogP contribution in [-0.2, 0) is 0 Å². The Labute approximate surface area is 83.1 Å². The average Bonchev–Trinajstić information content (AvgIpc) is 2.16. The number of carbonyl (C=O) groups is 1. The van der Waals surface area contributed by atoms with E-state index in [1.165, 1.54) is 0 Å². The normalized spacial score (nSPS) is 9.77. The predicted octanol–water partition coefficient (Wildman–Crippen LogP) is 2.60. The van der Waals surface area contributed by atoms with E-state index in [0.29, 0.717) is 0 Å². The average molecular weight is 195 g/mol. The molecule has 0 atom stereocenters. The van der Waals surface area contributed by atoms with Crippen LogP contribution in [0.25, 0.3) is 0 Å². The molecule has 0 fully saturated rings. The first-order chi connectivity index (χ1) is 6.16. The van der Waals surface area contributed by atoms with Crippen molar-refractivity contribution in [3.8, 4) is 0 Å². The van der Waals surface area contributed by atoms with Crippen molar-refractivity contribution in [2.45, 2.75) is 6.92 Å². The predicted molar refractivity (Wildman–Crippen MR) is 58.4 cm³/mol. The van der Waals surface area contributed by atoms with E-state index in [-0.39, 0.29) is 5.78 Å². The van der Waals surface area contributed by atoms with Crippen molar-refractivity contribution in [1.82, 2.24) is 0 Å². The Kier molecular flexibility index (Phi) is 3.37. The molecule has 0 aromatic heterocycles. The lowest BCUT2D eigenvalue weighted by Gasteiger charge is -2.17. The minimum Gasteiger partial charge on any atom is -0.319 e. The third-order valence-electron chi connectivity index (χ3n) is 1.90. The molecule has 0 unspecified atom stereocenters. The number of nitrogens with zero attached hydrogens (tertiary/aromatic N) is 1. The van der Waals surface area contributed by atoms with Gasteiger partial charge in [-0.3, -0.25) is 4.79 Å². The molecule has 0 saturated heterocycles. The highest BCUT2D eigenvalue weighted by molar-refractivity contribution is 7.99. The summed E-state index contributed by atoms with van der Waals surface area (Å²) in [6.45, 7) is 1.59. The highest BCUT2D eigenvalue weighted by Gasteiger charge is 2.08. The van der Waals surface area contributed by atoms with Crippen LogP contribution in [0.4, 0.5) is 5.69 Å². The lowest BCUT2D eigenvalue weighted by atomic mass is 10.1. The summed E-state index contributed by atoms with van der Waals surface area (Å²) in [7, 11) is 1.95.